The third kappa shape index (κ3) is 2.67. The quantitative estimate of drug-likeness (QED) is 0.694. The summed E-state index contributed by atoms with van der Waals surface area (Å²) in [4.78, 5) is 7.24. The molecule has 1 heterocycles. The van der Waals surface area contributed by atoms with Crippen LogP contribution in [0.25, 0.3) is 11.0 Å². The molecule has 1 aromatic heterocycles. The third-order valence-electron chi connectivity index (χ3n) is 3.14. The number of benzene rings is 2. The average Bonchev–Trinajstić information content (AvgIpc) is 2.89. The van der Waals surface area contributed by atoms with Crippen LogP contribution < -0.4 is 0 Å². The molecule has 5 heteroatoms. The number of hydrogen-bond acceptors (Lipinski definition) is 3. The van der Waals surface area contributed by atoms with Crippen LogP contribution in [0.1, 0.15) is 23.1 Å². The number of aromatic amines is 1. The zero-order valence-electron chi connectivity index (χ0n) is 10.7. The second-order valence-corrected chi connectivity index (χ2v) is 4.43. The summed E-state index contributed by atoms with van der Waals surface area (Å²) in [7, 11) is 0. The van der Waals surface area contributed by atoms with Gasteiger partial charge in [-0.3, -0.25) is 0 Å². The highest BCUT2D eigenvalue weighted by Gasteiger charge is 2.11. The van der Waals surface area contributed by atoms with Gasteiger partial charge in [0.1, 0.15) is 18.5 Å². The van der Waals surface area contributed by atoms with E-state index in [0.717, 1.165) is 22.2 Å². The first-order valence-electron chi connectivity index (χ1n) is 6.10. The molecule has 1 unspecified atom stereocenters. The molecule has 0 aliphatic carbocycles. The lowest BCUT2D eigenvalue weighted by molar-refractivity contribution is 0.220. The highest BCUT2D eigenvalue weighted by Crippen LogP contribution is 2.24. The van der Waals surface area contributed by atoms with Crippen molar-refractivity contribution >= 4 is 23.4 Å². The summed E-state index contributed by atoms with van der Waals surface area (Å²) in [6, 6.07) is 15.0. The Kier molecular flexibility index (Phi) is 4.39. The molecule has 3 rings (SSSR count). The van der Waals surface area contributed by atoms with Gasteiger partial charge in [0.25, 0.3) is 0 Å². The van der Waals surface area contributed by atoms with Crippen molar-refractivity contribution in [1.82, 2.24) is 9.97 Å². The lowest BCUT2D eigenvalue weighted by Crippen LogP contribution is -1.98. The topological polar surface area (TPSA) is 69.1 Å². The van der Waals surface area contributed by atoms with Crippen LogP contribution in [0, 0.1) is 0 Å². The summed E-state index contributed by atoms with van der Waals surface area (Å²) in [6.07, 6.45) is -0.661. The van der Waals surface area contributed by atoms with E-state index in [2.05, 4.69) is 9.97 Å². The normalized spacial score (nSPS) is 12.1. The molecule has 0 radical (unpaired) electrons. The Hall–Kier alpha value is -1.88. The van der Waals surface area contributed by atoms with Crippen molar-refractivity contribution in [1.29, 1.82) is 0 Å². The molecule has 104 valence electrons. The van der Waals surface area contributed by atoms with Gasteiger partial charge in [0.05, 0.1) is 11.0 Å². The van der Waals surface area contributed by atoms with Crippen molar-refractivity contribution < 1.29 is 10.2 Å². The van der Waals surface area contributed by atoms with Crippen molar-refractivity contribution in [3.63, 3.8) is 0 Å². The first-order valence-corrected chi connectivity index (χ1v) is 6.10. The molecular weight excluding hydrogens is 276 g/mol. The van der Waals surface area contributed by atoms with Crippen LogP contribution in [0.5, 0.6) is 0 Å². The predicted octanol–water partition coefficient (Wildman–Crippen LogP) is 2.56. The van der Waals surface area contributed by atoms with Crippen LogP contribution in [0.2, 0.25) is 0 Å². The maximum Gasteiger partial charge on any atom is 0.133 e. The Morgan fingerprint density at radius 3 is 2.50 bits per heavy atom. The number of H-pyrrole nitrogens is 1. The van der Waals surface area contributed by atoms with Gasteiger partial charge in [-0.15, -0.1) is 12.4 Å². The van der Waals surface area contributed by atoms with Crippen molar-refractivity contribution in [3.05, 3.63) is 65.5 Å². The third-order valence-corrected chi connectivity index (χ3v) is 3.14. The highest BCUT2D eigenvalue weighted by atomic mass is 35.5. The first kappa shape index (κ1) is 14.5. The number of rotatable bonds is 3. The van der Waals surface area contributed by atoms with E-state index in [0.29, 0.717) is 5.82 Å². The van der Waals surface area contributed by atoms with E-state index in [1.807, 2.05) is 48.5 Å². The van der Waals surface area contributed by atoms with Gasteiger partial charge in [-0.25, -0.2) is 4.98 Å². The zero-order chi connectivity index (χ0) is 13.2. The largest absolute Gasteiger partial charge is 0.388 e. The van der Waals surface area contributed by atoms with Gasteiger partial charge >= 0.3 is 0 Å². The van der Waals surface area contributed by atoms with Gasteiger partial charge in [-0.2, -0.15) is 0 Å². The minimum absolute atomic E-state index is 0. The minimum Gasteiger partial charge on any atom is -0.388 e. The molecule has 1 atom stereocenters. The lowest BCUT2D eigenvalue weighted by atomic mass is 10.0. The van der Waals surface area contributed by atoms with E-state index in [1.165, 1.54) is 0 Å². The van der Waals surface area contributed by atoms with Crippen LogP contribution in [0.4, 0.5) is 0 Å². The number of aliphatic hydroxyl groups is 2. The summed E-state index contributed by atoms with van der Waals surface area (Å²) in [5.41, 5.74) is 3.25. The second kappa shape index (κ2) is 6.05. The van der Waals surface area contributed by atoms with E-state index >= 15 is 0 Å². The summed E-state index contributed by atoms with van der Waals surface area (Å²) in [5.74, 6) is 0.529. The molecule has 3 aromatic rings. The molecule has 2 aromatic carbocycles. The van der Waals surface area contributed by atoms with Gasteiger partial charge in [-0.1, -0.05) is 36.4 Å². The molecule has 0 aliphatic heterocycles. The molecule has 4 nitrogen and oxygen atoms in total. The van der Waals surface area contributed by atoms with Crippen LogP contribution in [-0.2, 0) is 6.61 Å². The van der Waals surface area contributed by atoms with Crippen LogP contribution in [-0.4, -0.2) is 20.2 Å². The van der Waals surface area contributed by atoms with Crippen LogP contribution in [0.15, 0.2) is 48.5 Å². The number of aliphatic hydroxyl groups excluding tert-OH is 2. The lowest BCUT2D eigenvalue weighted by Gasteiger charge is -2.11. The van der Waals surface area contributed by atoms with Gasteiger partial charge in [-0.05, 0) is 23.3 Å². The molecule has 3 N–H and O–H groups in total. The molecule has 0 amide bonds. The zero-order valence-corrected chi connectivity index (χ0v) is 11.5. The summed E-state index contributed by atoms with van der Waals surface area (Å²) < 4.78 is 0. The van der Waals surface area contributed by atoms with Crippen molar-refractivity contribution in [3.8, 4) is 0 Å². The number of nitrogens with one attached hydrogen (secondary N) is 1. The number of halogens is 1. The van der Waals surface area contributed by atoms with Crippen molar-refractivity contribution in [2.45, 2.75) is 12.7 Å². The summed E-state index contributed by atoms with van der Waals surface area (Å²) in [6.45, 7) is -0.120. The van der Waals surface area contributed by atoms with E-state index < -0.39 is 6.10 Å². The molecular formula is C15H15ClN2O2. The number of aromatic nitrogens is 2. The molecule has 0 spiro atoms. The smallest absolute Gasteiger partial charge is 0.133 e. The number of fused-ring (bicyclic) bond motifs is 1. The van der Waals surface area contributed by atoms with Crippen molar-refractivity contribution in [2.24, 2.45) is 0 Å². The van der Waals surface area contributed by atoms with Gasteiger partial charge in [0, 0.05) is 0 Å². The predicted molar refractivity (Wildman–Crippen MR) is 79.8 cm³/mol. The number of hydrogen-bond donors (Lipinski definition) is 3. The fourth-order valence-corrected chi connectivity index (χ4v) is 2.15. The fourth-order valence-electron chi connectivity index (χ4n) is 2.15. The Morgan fingerprint density at radius 1 is 1.05 bits per heavy atom. The second-order valence-electron chi connectivity index (χ2n) is 4.43. The molecule has 20 heavy (non-hydrogen) atoms. The molecule has 0 saturated carbocycles. The van der Waals surface area contributed by atoms with E-state index in [1.54, 1.807) is 0 Å². The van der Waals surface area contributed by atoms with E-state index in [4.69, 9.17) is 5.11 Å². The molecule has 0 aliphatic rings. The Balaban J connectivity index is 0.00000147. The molecule has 0 fully saturated rings. The SMILES string of the molecule is Cl.OCc1nc2ccc(C(O)c3ccccc3)cc2[nH]1. The van der Waals surface area contributed by atoms with Crippen LogP contribution >= 0.6 is 12.4 Å². The number of nitrogens with zero attached hydrogens (tertiary/aromatic N) is 1. The van der Waals surface area contributed by atoms with Gasteiger partial charge in [0.2, 0.25) is 0 Å². The van der Waals surface area contributed by atoms with Gasteiger partial charge < -0.3 is 15.2 Å². The van der Waals surface area contributed by atoms with Gasteiger partial charge in [0.15, 0.2) is 0 Å². The Morgan fingerprint density at radius 2 is 1.80 bits per heavy atom. The molecule has 0 bridgehead atoms. The maximum absolute atomic E-state index is 10.3. The first-order chi connectivity index (χ1) is 9.28. The Labute approximate surface area is 122 Å². The fraction of sp³-hybridized carbons (Fsp3) is 0.133. The van der Waals surface area contributed by atoms with Crippen molar-refractivity contribution in [2.75, 3.05) is 0 Å². The minimum atomic E-state index is -0.661. The summed E-state index contributed by atoms with van der Waals surface area (Å²) >= 11 is 0. The number of imidazole rings is 1. The highest BCUT2D eigenvalue weighted by molar-refractivity contribution is 5.85. The maximum atomic E-state index is 10.3. The van der Waals surface area contributed by atoms with E-state index in [-0.39, 0.29) is 19.0 Å². The Bertz CT molecular complexity index is 697. The monoisotopic (exact) mass is 290 g/mol. The molecule has 0 saturated heterocycles. The standard InChI is InChI=1S/C15H14N2O2.ClH/c18-9-14-16-12-7-6-11(8-13(12)17-14)15(19)10-4-2-1-3-5-10;/h1-8,15,18-19H,9H2,(H,16,17);1H. The average molecular weight is 291 g/mol. The summed E-state index contributed by atoms with van der Waals surface area (Å²) in [5, 5.41) is 19.4. The van der Waals surface area contributed by atoms with E-state index in [9.17, 15) is 5.11 Å². The van der Waals surface area contributed by atoms with Crippen LogP contribution in [0.3, 0.4) is 0 Å².